The number of hydrogen-bond acceptors (Lipinski definition) is 3. The van der Waals surface area contributed by atoms with Gasteiger partial charge in [-0.05, 0) is 16.6 Å². The Morgan fingerprint density at radius 3 is 1.89 bits per heavy atom. The molecule has 0 spiro atoms. The summed E-state index contributed by atoms with van der Waals surface area (Å²) in [6, 6.07) is 0. The highest BCUT2D eigenvalue weighted by Gasteiger charge is 2.46. The van der Waals surface area contributed by atoms with Crippen molar-refractivity contribution in [2.45, 2.75) is 76.8 Å². The minimum absolute atomic E-state index is 0.188. The predicted octanol–water partition coefficient (Wildman–Crippen LogP) is 2.90. The van der Waals surface area contributed by atoms with E-state index in [-0.39, 0.29) is 12.2 Å². The number of hydrogen-bond donors (Lipinski definition) is 2. The molecule has 0 aliphatic carbocycles. The van der Waals surface area contributed by atoms with Gasteiger partial charge in [0.25, 0.3) is 0 Å². The Labute approximate surface area is 113 Å². The smallest absolute Gasteiger partial charge is 0.200 e. The molecule has 1 heterocycles. The first-order chi connectivity index (χ1) is 8.30. The Morgan fingerprint density at radius 1 is 1.00 bits per heavy atom. The van der Waals surface area contributed by atoms with Crippen molar-refractivity contribution < 1.29 is 9.53 Å². The maximum Gasteiger partial charge on any atom is 0.200 e. The van der Waals surface area contributed by atoms with Gasteiger partial charge < -0.3 is 14.8 Å². The topological polar surface area (TPSA) is 41.5 Å². The van der Waals surface area contributed by atoms with Gasteiger partial charge in [-0.25, -0.2) is 0 Å². The maximum atomic E-state index is 9.77. The van der Waals surface area contributed by atoms with Crippen LogP contribution in [0.5, 0.6) is 0 Å². The lowest BCUT2D eigenvalue weighted by Gasteiger charge is -2.45. The highest BCUT2D eigenvalue weighted by Crippen LogP contribution is 2.43. The van der Waals surface area contributed by atoms with Gasteiger partial charge in [0, 0.05) is 19.5 Å². The van der Waals surface area contributed by atoms with Crippen LogP contribution in [0.25, 0.3) is 0 Å². The molecule has 0 aromatic carbocycles. The second-order valence-electron chi connectivity index (χ2n) is 6.61. The van der Waals surface area contributed by atoms with Gasteiger partial charge in [0.15, 0.2) is 0 Å². The molecule has 0 saturated carbocycles. The molecule has 1 rings (SSSR count). The minimum atomic E-state index is -1.80. The molecule has 1 fully saturated rings. The molecule has 1 aliphatic heterocycles. The van der Waals surface area contributed by atoms with E-state index in [9.17, 15) is 5.11 Å². The third-order valence-corrected chi connectivity index (χ3v) is 10.5. The highest BCUT2D eigenvalue weighted by molar-refractivity contribution is 6.77. The summed E-state index contributed by atoms with van der Waals surface area (Å²) in [5.41, 5.74) is 1.82. The second kappa shape index (κ2) is 6.50. The summed E-state index contributed by atoms with van der Waals surface area (Å²) in [5.74, 6) is 0. The lowest BCUT2D eigenvalue weighted by Crippen LogP contribution is -2.54. The fourth-order valence-corrected chi connectivity index (χ4v) is 9.24. The normalized spacial score (nSPS) is 26.3. The van der Waals surface area contributed by atoms with Gasteiger partial charge >= 0.3 is 0 Å². The SMILES string of the molecule is CC(C)[Si](OC1CNCC(O)C1)(C(C)C)C(C)C. The maximum absolute atomic E-state index is 9.77. The summed E-state index contributed by atoms with van der Waals surface area (Å²) >= 11 is 0. The Bertz CT molecular complexity index is 234. The summed E-state index contributed by atoms with van der Waals surface area (Å²) in [5, 5.41) is 13.0. The van der Waals surface area contributed by atoms with Crippen LogP contribution in [0.4, 0.5) is 0 Å². The third kappa shape index (κ3) is 3.35. The number of β-amino-alcohol motifs (C(OH)–C–C–N with tert-alkyl or cyclic N) is 1. The molecule has 2 N–H and O–H groups in total. The Hall–Kier alpha value is 0.0969. The molecule has 18 heavy (non-hydrogen) atoms. The Morgan fingerprint density at radius 2 is 1.50 bits per heavy atom. The van der Waals surface area contributed by atoms with Crippen molar-refractivity contribution in [1.82, 2.24) is 5.32 Å². The second-order valence-corrected chi connectivity index (χ2v) is 12.0. The van der Waals surface area contributed by atoms with E-state index in [1.807, 2.05) is 0 Å². The first kappa shape index (κ1) is 16.2. The van der Waals surface area contributed by atoms with Crippen LogP contribution >= 0.6 is 0 Å². The van der Waals surface area contributed by atoms with E-state index >= 15 is 0 Å². The van der Waals surface area contributed by atoms with Crippen molar-refractivity contribution in [1.29, 1.82) is 0 Å². The van der Waals surface area contributed by atoms with Gasteiger partial charge in [0.1, 0.15) is 0 Å². The molecule has 1 saturated heterocycles. The lowest BCUT2D eigenvalue weighted by atomic mass is 10.1. The zero-order valence-corrected chi connectivity index (χ0v) is 13.9. The summed E-state index contributed by atoms with van der Waals surface area (Å²) in [7, 11) is -1.80. The van der Waals surface area contributed by atoms with E-state index < -0.39 is 8.32 Å². The molecule has 3 nitrogen and oxygen atoms in total. The Balaban J connectivity index is 2.83. The van der Waals surface area contributed by atoms with Crippen LogP contribution in [0, 0.1) is 0 Å². The van der Waals surface area contributed by atoms with Crippen LogP contribution in [0.2, 0.25) is 16.6 Å². The van der Waals surface area contributed by atoms with Gasteiger partial charge in [-0.1, -0.05) is 41.5 Å². The summed E-state index contributed by atoms with van der Waals surface area (Å²) in [4.78, 5) is 0. The average Bonchev–Trinajstić information content (AvgIpc) is 2.24. The molecule has 0 aromatic rings. The van der Waals surface area contributed by atoms with Gasteiger partial charge in [0.2, 0.25) is 8.32 Å². The standard InChI is InChI=1S/C14H31NO2Si/c1-10(2)18(11(3)4,12(5)6)17-14-7-13(16)8-15-9-14/h10-16H,7-9H2,1-6H3. The van der Waals surface area contributed by atoms with E-state index in [0.717, 1.165) is 13.0 Å². The van der Waals surface area contributed by atoms with Crippen LogP contribution < -0.4 is 5.32 Å². The van der Waals surface area contributed by atoms with Crippen molar-refractivity contribution in [2.75, 3.05) is 13.1 Å². The van der Waals surface area contributed by atoms with Gasteiger partial charge in [-0.15, -0.1) is 0 Å². The molecular formula is C14H31NO2Si. The zero-order valence-electron chi connectivity index (χ0n) is 12.9. The van der Waals surface area contributed by atoms with Crippen molar-refractivity contribution >= 4 is 8.32 Å². The first-order valence-electron chi connectivity index (χ1n) is 7.37. The van der Waals surface area contributed by atoms with E-state index in [4.69, 9.17) is 4.43 Å². The fourth-order valence-electron chi connectivity index (χ4n) is 3.67. The molecule has 4 heteroatoms. The van der Waals surface area contributed by atoms with E-state index in [1.54, 1.807) is 0 Å². The van der Waals surface area contributed by atoms with E-state index in [1.165, 1.54) is 0 Å². The molecule has 0 bridgehead atoms. The summed E-state index contributed by atoms with van der Waals surface area (Å²) in [6.07, 6.45) is 0.725. The highest BCUT2D eigenvalue weighted by atomic mass is 28.4. The quantitative estimate of drug-likeness (QED) is 0.757. The molecule has 0 aromatic heterocycles. The van der Waals surface area contributed by atoms with Crippen molar-refractivity contribution in [3.05, 3.63) is 0 Å². The van der Waals surface area contributed by atoms with Crippen LogP contribution in [0.3, 0.4) is 0 Å². The summed E-state index contributed by atoms with van der Waals surface area (Å²) in [6.45, 7) is 15.4. The van der Waals surface area contributed by atoms with Gasteiger partial charge in [-0.3, -0.25) is 0 Å². The Kier molecular flexibility index (Phi) is 5.84. The zero-order chi connectivity index (χ0) is 13.9. The van der Waals surface area contributed by atoms with E-state index in [0.29, 0.717) is 23.2 Å². The largest absolute Gasteiger partial charge is 0.412 e. The minimum Gasteiger partial charge on any atom is -0.412 e. The number of rotatable bonds is 5. The fraction of sp³-hybridized carbons (Fsp3) is 1.00. The number of nitrogens with one attached hydrogen (secondary N) is 1. The van der Waals surface area contributed by atoms with Crippen molar-refractivity contribution in [3.8, 4) is 0 Å². The molecule has 2 atom stereocenters. The average molecular weight is 273 g/mol. The van der Waals surface area contributed by atoms with Gasteiger partial charge in [-0.2, -0.15) is 0 Å². The number of piperidine rings is 1. The number of aliphatic hydroxyl groups excluding tert-OH is 1. The number of aliphatic hydroxyl groups is 1. The molecule has 108 valence electrons. The predicted molar refractivity (Wildman–Crippen MR) is 79.4 cm³/mol. The van der Waals surface area contributed by atoms with Crippen molar-refractivity contribution in [2.24, 2.45) is 0 Å². The molecule has 0 radical (unpaired) electrons. The molecular weight excluding hydrogens is 242 g/mol. The van der Waals surface area contributed by atoms with E-state index in [2.05, 4.69) is 46.9 Å². The van der Waals surface area contributed by atoms with Crippen molar-refractivity contribution in [3.63, 3.8) is 0 Å². The van der Waals surface area contributed by atoms with Crippen LogP contribution in [-0.4, -0.2) is 38.7 Å². The molecule has 1 aliphatic rings. The van der Waals surface area contributed by atoms with Crippen LogP contribution in [0.15, 0.2) is 0 Å². The van der Waals surface area contributed by atoms with Crippen LogP contribution in [-0.2, 0) is 4.43 Å². The lowest BCUT2D eigenvalue weighted by molar-refractivity contribution is 0.0562. The first-order valence-corrected chi connectivity index (χ1v) is 9.51. The van der Waals surface area contributed by atoms with Gasteiger partial charge in [0.05, 0.1) is 12.2 Å². The third-order valence-electron chi connectivity index (χ3n) is 4.36. The van der Waals surface area contributed by atoms with Crippen LogP contribution in [0.1, 0.15) is 48.0 Å². The molecule has 2 unspecified atom stereocenters. The summed E-state index contributed by atoms with van der Waals surface area (Å²) < 4.78 is 6.65. The monoisotopic (exact) mass is 273 g/mol. The molecule has 0 amide bonds.